The summed E-state index contributed by atoms with van der Waals surface area (Å²) in [6, 6.07) is 0. The molecule has 0 aromatic carbocycles. The molecule has 2 aliphatic rings. The average molecular weight is 203 g/mol. The van der Waals surface area contributed by atoms with Gasteiger partial charge in [-0.15, -0.1) is 0 Å². The van der Waals surface area contributed by atoms with Gasteiger partial charge in [-0.25, -0.2) is 0 Å². The maximum atomic E-state index is 3.74. The highest BCUT2D eigenvalue weighted by Gasteiger charge is 2.46. The van der Waals surface area contributed by atoms with E-state index in [4.69, 9.17) is 0 Å². The predicted molar refractivity (Wildman–Crippen MR) is 47.4 cm³/mol. The van der Waals surface area contributed by atoms with Gasteiger partial charge in [0.1, 0.15) is 0 Å². The van der Waals surface area contributed by atoms with Crippen LogP contribution in [0.1, 0.15) is 38.5 Å². The van der Waals surface area contributed by atoms with E-state index in [0.717, 1.165) is 16.7 Å². The molecule has 0 heterocycles. The molecule has 2 saturated carbocycles. The summed E-state index contributed by atoms with van der Waals surface area (Å²) >= 11 is 3.74. The first-order valence-electron chi connectivity index (χ1n) is 4.53. The van der Waals surface area contributed by atoms with Gasteiger partial charge in [-0.2, -0.15) is 0 Å². The second-order valence-electron chi connectivity index (χ2n) is 3.76. The summed E-state index contributed by atoms with van der Waals surface area (Å²) in [7, 11) is 0. The topological polar surface area (TPSA) is 0 Å². The molecule has 0 N–H and O–H groups in total. The van der Waals surface area contributed by atoms with E-state index in [1.54, 1.807) is 0 Å². The van der Waals surface area contributed by atoms with Crippen molar-refractivity contribution in [1.29, 1.82) is 0 Å². The van der Waals surface area contributed by atoms with Gasteiger partial charge in [0.05, 0.1) is 0 Å². The molecule has 0 spiro atoms. The second-order valence-corrected chi connectivity index (χ2v) is 4.82. The minimum Gasteiger partial charge on any atom is -0.0884 e. The summed E-state index contributed by atoms with van der Waals surface area (Å²) in [6.45, 7) is 0. The van der Waals surface area contributed by atoms with Crippen molar-refractivity contribution in [1.82, 2.24) is 0 Å². The summed E-state index contributed by atoms with van der Waals surface area (Å²) in [5.74, 6) is 2.14. The molecule has 3 atom stereocenters. The van der Waals surface area contributed by atoms with Crippen LogP contribution < -0.4 is 0 Å². The standard InChI is InChI=1S/C9H15Br/c10-9-7-5-3-1-2-4-6-8(7)9/h7-9H,1-6H2/t7-,8+,9?. The zero-order valence-corrected chi connectivity index (χ0v) is 7.94. The Morgan fingerprint density at radius 2 is 1.30 bits per heavy atom. The third-order valence-electron chi connectivity index (χ3n) is 3.05. The van der Waals surface area contributed by atoms with Crippen molar-refractivity contribution in [2.75, 3.05) is 0 Å². The van der Waals surface area contributed by atoms with Gasteiger partial charge in [0.15, 0.2) is 0 Å². The van der Waals surface area contributed by atoms with Crippen LogP contribution in [0.15, 0.2) is 0 Å². The number of halogens is 1. The monoisotopic (exact) mass is 202 g/mol. The van der Waals surface area contributed by atoms with Crippen molar-refractivity contribution in [2.24, 2.45) is 11.8 Å². The van der Waals surface area contributed by atoms with Gasteiger partial charge in [0.2, 0.25) is 0 Å². The molecule has 2 rings (SSSR count). The van der Waals surface area contributed by atoms with E-state index in [1.165, 1.54) is 38.5 Å². The largest absolute Gasteiger partial charge is 0.0884 e. The fraction of sp³-hybridized carbons (Fsp3) is 1.00. The van der Waals surface area contributed by atoms with Crippen LogP contribution >= 0.6 is 15.9 Å². The zero-order valence-electron chi connectivity index (χ0n) is 6.35. The van der Waals surface area contributed by atoms with Gasteiger partial charge in [0.25, 0.3) is 0 Å². The molecule has 0 bridgehead atoms. The Balaban J connectivity index is 1.86. The molecule has 1 unspecified atom stereocenters. The minimum atomic E-state index is 0.908. The van der Waals surface area contributed by atoms with Gasteiger partial charge < -0.3 is 0 Å². The molecule has 2 fully saturated rings. The summed E-state index contributed by atoms with van der Waals surface area (Å²) < 4.78 is 0. The lowest BCUT2D eigenvalue weighted by atomic mass is 10.0. The Bertz CT molecular complexity index is 108. The van der Waals surface area contributed by atoms with Crippen molar-refractivity contribution in [3.05, 3.63) is 0 Å². The Morgan fingerprint density at radius 3 is 1.80 bits per heavy atom. The number of alkyl halides is 1. The maximum absolute atomic E-state index is 3.74. The average Bonchev–Trinajstić information content (AvgIpc) is 2.39. The number of rotatable bonds is 0. The number of hydrogen-bond donors (Lipinski definition) is 0. The first-order chi connectivity index (χ1) is 4.89. The molecule has 0 aromatic rings. The van der Waals surface area contributed by atoms with E-state index in [1.807, 2.05) is 0 Å². The van der Waals surface area contributed by atoms with Crippen LogP contribution in [0.5, 0.6) is 0 Å². The molecule has 1 heteroatoms. The lowest BCUT2D eigenvalue weighted by Crippen LogP contribution is -1.90. The summed E-state index contributed by atoms with van der Waals surface area (Å²) in [6.07, 6.45) is 8.96. The number of hydrogen-bond acceptors (Lipinski definition) is 0. The van der Waals surface area contributed by atoms with Crippen LogP contribution in [0.4, 0.5) is 0 Å². The third-order valence-corrected chi connectivity index (χ3v) is 4.41. The van der Waals surface area contributed by atoms with Gasteiger partial charge in [-0.1, -0.05) is 41.6 Å². The molecule has 0 nitrogen and oxygen atoms in total. The fourth-order valence-electron chi connectivity index (χ4n) is 2.26. The first-order valence-corrected chi connectivity index (χ1v) is 5.45. The van der Waals surface area contributed by atoms with Crippen molar-refractivity contribution < 1.29 is 0 Å². The third kappa shape index (κ3) is 1.25. The molecule has 10 heavy (non-hydrogen) atoms. The van der Waals surface area contributed by atoms with E-state index < -0.39 is 0 Å². The van der Waals surface area contributed by atoms with E-state index in [0.29, 0.717) is 0 Å². The van der Waals surface area contributed by atoms with Gasteiger partial charge >= 0.3 is 0 Å². The van der Waals surface area contributed by atoms with Crippen molar-refractivity contribution >= 4 is 15.9 Å². The highest BCUT2D eigenvalue weighted by atomic mass is 79.9. The Kier molecular flexibility index (Phi) is 2.03. The van der Waals surface area contributed by atoms with Crippen LogP contribution in [0.25, 0.3) is 0 Å². The van der Waals surface area contributed by atoms with Gasteiger partial charge in [-0.3, -0.25) is 0 Å². The molecular formula is C9H15Br. The highest BCUT2D eigenvalue weighted by Crippen LogP contribution is 2.52. The van der Waals surface area contributed by atoms with Crippen molar-refractivity contribution in [3.63, 3.8) is 0 Å². The highest BCUT2D eigenvalue weighted by molar-refractivity contribution is 9.09. The van der Waals surface area contributed by atoms with Crippen LogP contribution in [-0.4, -0.2) is 4.83 Å². The van der Waals surface area contributed by atoms with Crippen molar-refractivity contribution in [3.8, 4) is 0 Å². The Hall–Kier alpha value is 0.480. The second kappa shape index (κ2) is 2.84. The van der Waals surface area contributed by atoms with Crippen LogP contribution in [0.2, 0.25) is 0 Å². The fourth-order valence-corrected chi connectivity index (χ4v) is 3.39. The normalized spacial score (nSPS) is 47.1. The maximum Gasteiger partial charge on any atom is 0.0208 e. The molecule has 0 amide bonds. The van der Waals surface area contributed by atoms with E-state index in [-0.39, 0.29) is 0 Å². The van der Waals surface area contributed by atoms with Crippen LogP contribution in [-0.2, 0) is 0 Å². The lowest BCUT2D eigenvalue weighted by molar-refractivity contribution is 0.485. The van der Waals surface area contributed by atoms with E-state index >= 15 is 0 Å². The smallest absolute Gasteiger partial charge is 0.0208 e. The molecule has 0 aliphatic heterocycles. The predicted octanol–water partition coefficient (Wildman–Crippen LogP) is 3.35. The first kappa shape index (κ1) is 7.15. The minimum absolute atomic E-state index is 0.908. The molecule has 58 valence electrons. The van der Waals surface area contributed by atoms with E-state index in [2.05, 4.69) is 15.9 Å². The summed E-state index contributed by atoms with van der Waals surface area (Å²) in [5, 5.41) is 0. The molecule has 0 aromatic heterocycles. The van der Waals surface area contributed by atoms with Crippen LogP contribution in [0.3, 0.4) is 0 Å². The molecule has 0 radical (unpaired) electrons. The Labute approximate surface area is 71.5 Å². The number of fused-ring (bicyclic) bond motifs is 1. The summed E-state index contributed by atoms with van der Waals surface area (Å²) in [4.78, 5) is 0.908. The lowest BCUT2D eigenvalue weighted by Gasteiger charge is -2.04. The molecule has 2 aliphatic carbocycles. The molecular weight excluding hydrogens is 188 g/mol. The zero-order chi connectivity index (χ0) is 6.97. The Morgan fingerprint density at radius 1 is 0.800 bits per heavy atom. The van der Waals surface area contributed by atoms with Crippen molar-refractivity contribution in [2.45, 2.75) is 43.4 Å². The van der Waals surface area contributed by atoms with Gasteiger partial charge in [-0.05, 0) is 24.7 Å². The SMILES string of the molecule is BrC1[C@H]2CCCCCC[C@@H]12. The quantitative estimate of drug-likeness (QED) is 0.529. The van der Waals surface area contributed by atoms with Crippen LogP contribution in [0, 0.1) is 11.8 Å². The van der Waals surface area contributed by atoms with Gasteiger partial charge in [0, 0.05) is 4.83 Å². The summed E-state index contributed by atoms with van der Waals surface area (Å²) in [5.41, 5.74) is 0. The molecule has 0 saturated heterocycles. The van der Waals surface area contributed by atoms with E-state index in [9.17, 15) is 0 Å².